The van der Waals surface area contributed by atoms with Crippen LogP contribution in [0.25, 0.3) is 5.57 Å². The van der Waals surface area contributed by atoms with Crippen LogP contribution in [0.15, 0.2) is 49.0 Å². The smallest absolute Gasteiger partial charge is 0.254 e. The molecule has 0 saturated heterocycles. The Kier molecular flexibility index (Phi) is 6.17. The molecule has 0 heterocycles. The van der Waals surface area contributed by atoms with E-state index < -0.39 is 17.6 Å². The lowest BCUT2D eigenvalue weighted by molar-refractivity contribution is -0.128. The third kappa shape index (κ3) is 4.81. The molecule has 0 aliphatic rings. The van der Waals surface area contributed by atoms with Crippen molar-refractivity contribution in [3.05, 3.63) is 70.5 Å². The molecule has 0 spiro atoms. The second-order valence-corrected chi connectivity index (χ2v) is 6.11. The molecule has 0 aliphatic carbocycles. The van der Waals surface area contributed by atoms with Crippen molar-refractivity contribution >= 4 is 46.3 Å². The number of carbonyl (C=O) groups excluding carboxylic acids is 2. The number of nitrogens with one attached hydrogen (secondary N) is 1. The number of halogens is 3. The summed E-state index contributed by atoms with van der Waals surface area (Å²) in [5.41, 5.74) is 0.528. The molecule has 2 aromatic rings. The first kappa shape index (κ1) is 19.0. The van der Waals surface area contributed by atoms with Crippen LogP contribution in [0.3, 0.4) is 0 Å². The summed E-state index contributed by atoms with van der Waals surface area (Å²) in [6.07, 6.45) is 0. The van der Waals surface area contributed by atoms with Crippen LogP contribution in [-0.4, -0.2) is 30.3 Å². The molecule has 2 rings (SSSR count). The van der Waals surface area contributed by atoms with Crippen molar-refractivity contribution in [1.82, 2.24) is 4.90 Å². The van der Waals surface area contributed by atoms with Crippen LogP contribution in [-0.2, 0) is 9.59 Å². The van der Waals surface area contributed by atoms with E-state index in [1.165, 1.54) is 31.3 Å². The molecule has 130 valence electrons. The van der Waals surface area contributed by atoms with Gasteiger partial charge in [-0.1, -0.05) is 48.0 Å². The van der Waals surface area contributed by atoms with E-state index in [2.05, 4.69) is 11.9 Å². The number of nitrogens with zero attached hydrogens (tertiary/aromatic N) is 1. The molecule has 4 nitrogen and oxygen atoms in total. The van der Waals surface area contributed by atoms with Gasteiger partial charge >= 0.3 is 0 Å². The zero-order chi connectivity index (χ0) is 18.6. The summed E-state index contributed by atoms with van der Waals surface area (Å²) in [5, 5.41) is 3.28. The van der Waals surface area contributed by atoms with Crippen LogP contribution >= 0.6 is 23.2 Å². The topological polar surface area (TPSA) is 49.4 Å². The highest BCUT2D eigenvalue weighted by molar-refractivity contribution is 6.42. The third-order valence-corrected chi connectivity index (χ3v) is 4.13. The largest absolute Gasteiger partial charge is 0.332 e. The Morgan fingerprint density at radius 1 is 1.16 bits per heavy atom. The van der Waals surface area contributed by atoms with Gasteiger partial charge in [0.05, 0.1) is 16.6 Å². The Labute approximate surface area is 154 Å². The minimum Gasteiger partial charge on any atom is -0.332 e. The number of anilines is 1. The maximum absolute atomic E-state index is 13.8. The summed E-state index contributed by atoms with van der Waals surface area (Å²) in [7, 11) is 1.43. The van der Waals surface area contributed by atoms with Gasteiger partial charge in [-0.2, -0.15) is 0 Å². The predicted molar refractivity (Wildman–Crippen MR) is 98.2 cm³/mol. The number of rotatable bonds is 5. The van der Waals surface area contributed by atoms with Crippen molar-refractivity contribution in [2.45, 2.75) is 0 Å². The maximum Gasteiger partial charge on any atom is 0.254 e. The van der Waals surface area contributed by atoms with E-state index in [1.807, 2.05) is 0 Å². The fraction of sp³-hybridized carbons (Fsp3) is 0.111. The summed E-state index contributed by atoms with van der Waals surface area (Å²) in [5.74, 6) is -1.53. The number of likely N-dealkylation sites (N-methyl/N-ethyl adjacent to an activating group) is 1. The quantitative estimate of drug-likeness (QED) is 0.788. The minimum absolute atomic E-state index is 0.0251. The van der Waals surface area contributed by atoms with Gasteiger partial charge in [-0.3, -0.25) is 9.59 Å². The van der Waals surface area contributed by atoms with Crippen molar-refractivity contribution in [3.8, 4) is 0 Å². The predicted octanol–water partition coefficient (Wildman–Crippen LogP) is 4.24. The van der Waals surface area contributed by atoms with Crippen molar-refractivity contribution in [2.75, 3.05) is 18.9 Å². The number of amides is 2. The second-order valence-electron chi connectivity index (χ2n) is 5.30. The van der Waals surface area contributed by atoms with Crippen LogP contribution in [0, 0.1) is 5.82 Å². The summed E-state index contributed by atoms with van der Waals surface area (Å²) < 4.78 is 13.8. The van der Waals surface area contributed by atoms with Gasteiger partial charge in [0.2, 0.25) is 5.91 Å². The number of carbonyl (C=O) groups is 2. The maximum atomic E-state index is 13.8. The van der Waals surface area contributed by atoms with E-state index in [-0.39, 0.29) is 17.7 Å². The Morgan fingerprint density at radius 2 is 1.84 bits per heavy atom. The van der Waals surface area contributed by atoms with Crippen LogP contribution in [0.5, 0.6) is 0 Å². The second kappa shape index (κ2) is 8.14. The van der Waals surface area contributed by atoms with Crippen molar-refractivity contribution in [3.63, 3.8) is 0 Å². The molecule has 0 aromatic heterocycles. The van der Waals surface area contributed by atoms with E-state index in [0.717, 1.165) is 4.90 Å². The van der Waals surface area contributed by atoms with Crippen LogP contribution in [0.2, 0.25) is 10.0 Å². The zero-order valence-electron chi connectivity index (χ0n) is 13.4. The average molecular weight is 381 g/mol. The molecule has 1 N–H and O–H groups in total. The van der Waals surface area contributed by atoms with E-state index in [0.29, 0.717) is 15.7 Å². The van der Waals surface area contributed by atoms with E-state index in [1.54, 1.807) is 18.2 Å². The lowest BCUT2D eigenvalue weighted by Gasteiger charge is -2.18. The molecule has 0 aliphatic heterocycles. The molecular formula is C18H15Cl2FN2O2. The summed E-state index contributed by atoms with van der Waals surface area (Å²) in [4.78, 5) is 25.5. The van der Waals surface area contributed by atoms with Gasteiger partial charge in [0.25, 0.3) is 5.91 Å². The summed E-state index contributed by atoms with van der Waals surface area (Å²) in [6.45, 7) is 3.39. The lowest BCUT2D eigenvalue weighted by Crippen LogP contribution is -2.35. The lowest BCUT2D eigenvalue weighted by atomic mass is 10.1. The number of benzene rings is 2. The van der Waals surface area contributed by atoms with Gasteiger partial charge in [-0.05, 0) is 24.3 Å². The van der Waals surface area contributed by atoms with Gasteiger partial charge < -0.3 is 10.2 Å². The molecule has 0 radical (unpaired) electrons. The highest BCUT2D eigenvalue weighted by Crippen LogP contribution is 2.25. The molecule has 0 fully saturated rings. The first-order chi connectivity index (χ1) is 11.8. The van der Waals surface area contributed by atoms with Crippen LogP contribution in [0.4, 0.5) is 10.1 Å². The van der Waals surface area contributed by atoms with E-state index >= 15 is 0 Å². The van der Waals surface area contributed by atoms with E-state index in [4.69, 9.17) is 23.2 Å². The van der Waals surface area contributed by atoms with Gasteiger partial charge in [-0.25, -0.2) is 4.39 Å². The average Bonchev–Trinajstić information content (AvgIpc) is 2.57. The number of hydrogen-bond acceptors (Lipinski definition) is 2. The van der Waals surface area contributed by atoms with Gasteiger partial charge in [0.1, 0.15) is 5.82 Å². The van der Waals surface area contributed by atoms with Crippen molar-refractivity contribution in [1.29, 1.82) is 0 Å². The molecule has 0 bridgehead atoms. The monoisotopic (exact) mass is 380 g/mol. The molecule has 0 unspecified atom stereocenters. The highest BCUT2D eigenvalue weighted by atomic mass is 35.5. The SMILES string of the molecule is C=C(C(=O)N(C)CC(=O)Nc1ccc(Cl)c(Cl)c1)c1ccccc1F. The molecule has 0 atom stereocenters. The zero-order valence-corrected chi connectivity index (χ0v) is 14.9. The Morgan fingerprint density at radius 3 is 2.48 bits per heavy atom. The molecule has 2 amide bonds. The molecule has 0 saturated carbocycles. The normalized spacial score (nSPS) is 10.2. The Bertz CT molecular complexity index is 840. The summed E-state index contributed by atoms with van der Waals surface area (Å²) in [6, 6.07) is 10.5. The van der Waals surface area contributed by atoms with Crippen molar-refractivity contribution < 1.29 is 14.0 Å². The molecule has 25 heavy (non-hydrogen) atoms. The van der Waals surface area contributed by atoms with Gasteiger partial charge in [0.15, 0.2) is 0 Å². The first-order valence-electron chi connectivity index (χ1n) is 7.23. The van der Waals surface area contributed by atoms with Gasteiger partial charge in [0, 0.05) is 23.9 Å². The number of hydrogen-bond donors (Lipinski definition) is 1. The van der Waals surface area contributed by atoms with Crippen LogP contribution in [0.1, 0.15) is 5.56 Å². The highest BCUT2D eigenvalue weighted by Gasteiger charge is 2.19. The summed E-state index contributed by atoms with van der Waals surface area (Å²) >= 11 is 11.7. The van der Waals surface area contributed by atoms with Gasteiger partial charge in [-0.15, -0.1) is 0 Å². The fourth-order valence-corrected chi connectivity index (χ4v) is 2.41. The molecule has 7 heteroatoms. The Hall–Kier alpha value is -2.37. The molecule has 2 aromatic carbocycles. The standard InChI is InChI=1S/C18H15Cl2FN2O2/c1-11(13-5-3-4-6-16(13)21)18(25)23(2)10-17(24)22-12-7-8-14(19)15(20)9-12/h3-9H,1,10H2,2H3,(H,22,24). The fourth-order valence-electron chi connectivity index (χ4n) is 2.11. The van der Waals surface area contributed by atoms with Crippen molar-refractivity contribution in [2.24, 2.45) is 0 Å². The minimum atomic E-state index is -0.547. The third-order valence-electron chi connectivity index (χ3n) is 3.39. The van der Waals surface area contributed by atoms with E-state index in [9.17, 15) is 14.0 Å². The first-order valence-corrected chi connectivity index (χ1v) is 7.99. The Balaban J connectivity index is 2.00. The molecular weight excluding hydrogens is 366 g/mol. The van der Waals surface area contributed by atoms with Crippen LogP contribution < -0.4 is 5.32 Å².